The Labute approximate surface area is 86.6 Å². The first kappa shape index (κ1) is 9.85. The van der Waals surface area contributed by atoms with Gasteiger partial charge in [-0.25, -0.2) is 0 Å². The van der Waals surface area contributed by atoms with E-state index in [4.69, 9.17) is 0 Å². The molecule has 1 aliphatic rings. The van der Waals surface area contributed by atoms with Crippen LogP contribution in [0.25, 0.3) is 0 Å². The van der Waals surface area contributed by atoms with Crippen molar-refractivity contribution in [1.82, 2.24) is 0 Å². The van der Waals surface area contributed by atoms with E-state index in [1.165, 1.54) is 0 Å². The van der Waals surface area contributed by atoms with Crippen molar-refractivity contribution in [3.05, 3.63) is 53.3 Å². The molecule has 2 rings (SSSR count). The van der Waals surface area contributed by atoms with E-state index in [-0.39, 0.29) is 10.4 Å². The van der Waals surface area contributed by atoms with Gasteiger partial charge in [0.1, 0.15) is 12.3 Å². The lowest BCUT2D eigenvalue weighted by molar-refractivity contribution is -0.887. The molecular formula is C11H14NOP. The second-order valence-electron chi connectivity index (χ2n) is 3.70. The normalized spacial score (nSPS) is 30.9. The lowest BCUT2D eigenvalue weighted by Gasteiger charge is -2.42. The van der Waals surface area contributed by atoms with Crippen molar-refractivity contribution in [3.63, 3.8) is 0 Å². The van der Waals surface area contributed by atoms with E-state index in [1.807, 2.05) is 42.5 Å². The topological polar surface area (TPSA) is 23.1 Å². The summed E-state index contributed by atoms with van der Waals surface area (Å²) < 4.78 is -0.172. The van der Waals surface area contributed by atoms with Crippen LogP contribution >= 0.6 is 9.24 Å². The molecule has 0 N–H and O–H groups in total. The first-order valence-corrected chi connectivity index (χ1v) is 5.41. The van der Waals surface area contributed by atoms with Gasteiger partial charge in [0.15, 0.2) is 0 Å². The molecule has 1 aromatic rings. The van der Waals surface area contributed by atoms with Crippen LogP contribution in [0.15, 0.2) is 42.5 Å². The van der Waals surface area contributed by atoms with Gasteiger partial charge in [-0.15, -0.1) is 0 Å². The van der Waals surface area contributed by atoms with Crippen LogP contribution in [0, 0.1) is 5.21 Å². The molecule has 0 spiro atoms. The number of hydrogen-bond donors (Lipinski definition) is 0. The van der Waals surface area contributed by atoms with Crippen molar-refractivity contribution in [2.75, 3.05) is 6.54 Å². The van der Waals surface area contributed by atoms with Gasteiger partial charge in [-0.1, -0.05) is 39.6 Å². The Kier molecular flexibility index (Phi) is 2.69. The SMILES string of the molecule is [O-][N+]1(Cc2ccccc2)CC=CC1P. The highest BCUT2D eigenvalue weighted by molar-refractivity contribution is 7.17. The van der Waals surface area contributed by atoms with Gasteiger partial charge in [0, 0.05) is 5.56 Å². The molecule has 0 amide bonds. The number of hydrogen-bond acceptors (Lipinski definition) is 1. The molecule has 0 saturated heterocycles. The van der Waals surface area contributed by atoms with Gasteiger partial charge >= 0.3 is 0 Å². The molecule has 14 heavy (non-hydrogen) atoms. The third-order valence-electron chi connectivity index (χ3n) is 2.58. The average Bonchev–Trinajstić information content (AvgIpc) is 2.48. The molecule has 3 unspecified atom stereocenters. The van der Waals surface area contributed by atoms with Crippen molar-refractivity contribution in [1.29, 1.82) is 0 Å². The fourth-order valence-corrected chi connectivity index (χ4v) is 2.10. The average molecular weight is 207 g/mol. The van der Waals surface area contributed by atoms with Crippen molar-refractivity contribution < 1.29 is 4.65 Å². The molecule has 0 aliphatic carbocycles. The highest BCUT2D eigenvalue weighted by Crippen LogP contribution is 2.27. The van der Waals surface area contributed by atoms with Crippen molar-refractivity contribution in [2.24, 2.45) is 0 Å². The van der Waals surface area contributed by atoms with Crippen molar-refractivity contribution in [2.45, 2.75) is 12.3 Å². The molecule has 0 saturated carbocycles. The van der Waals surface area contributed by atoms with E-state index in [1.54, 1.807) is 0 Å². The standard InChI is InChI=1S/C11H14NOP/c13-12(8-4-7-11(12)14)9-10-5-2-1-3-6-10/h1-7,11H,8-9,14H2. The Morgan fingerprint density at radius 2 is 2.07 bits per heavy atom. The quantitative estimate of drug-likeness (QED) is 0.316. The highest BCUT2D eigenvalue weighted by atomic mass is 31.0. The zero-order valence-corrected chi connectivity index (χ0v) is 9.12. The Bertz CT molecular complexity index is 338. The molecule has 1 heterocycles. The number of hydroxylamine groups is 3. The fraction of sp³-hybridized carbons (Fsp3) is 0.273. The second-order valence-corrected chi connectivity index (χ2v) is 4.38. The maximum atomic E-state index is 12.3. The molecule has 0 aromatic heterocycles. The first-order valence-electron chi connectivity index (χ1n) is 4.75. The van der Waals surface area contributed by atoms with E-state index in [0.29, 0.717) is 13.1 Å². The third kappa shape index (κ3) is 1.88. The molecule has 3 atom stereocenters. The zero-order chi connectivity index (χ0) is 10.0. The van der Waals surface area contributed by atoms with Crippen molar-refractivity contribution >= 4 is 9.24 Å². The van der Waals surface area contributed by atoms with Crippen LogP contribution in [0.5, 0.6) is 0 Å². The summed E-state index contributed by atoms with van der Waals surface area (Å²) in [5, 5.41) is 12.3. The molecule has 0 bridgehead atoms. The van der Waals surface area contributed by atoms with Crippen LogP contribution in [0.4, 0.5) is 0 Å². The molecule has 2 nitrogen and oxygen atoms in total. The van der Waals surface area contributed by atoms with Gasteiger partial charge < -0.3 is 9.85 Å². The van der Waals surface area contributed by atoms with Gasteiger partial charge in [-0.3, -0.25) is 0 Å². The lowest BCUT2D eigenvalue weighted by atomic mass is 10.2. The molecule has 1 aromatic carbocycles. The van der Waals surface area contributed by atoms with E-state index in [0.717, 1.165) is 5.56 Å². The zero-order valence-electron chi connectivity index (χ0n) is 7.97. The van der Waals surface area contributed by atoms with Gasteiger partial charge in [0.2, 0.25) is 0 Å². The molecule has 1 aliphatic heterocycles. The highest BCUT2D eigenvalue weighted by Gasteiger charge is 2.26. The lowest BCUT2D eigenvalue weighted by Crippen LogP contribution is -2.42. The predicted molar refractivity (Wildman–Crippen MR) is 61.3 cm³/mol. The maximum Gasteiger partial charge on any atom is 0.120 e. The number of rotatable bonds is 2. The van der Waals surface area contributed by atoms with Crippen LogP contribution < -0.4 is 0 Å². The second kappa shape index (κ2) is 3.82. The number of benzene rings is 1. The summed E-state index contributed by atoms with van der Waals surface area (Å²) in [7, 11) is 2.61. The molecule has 74 valence electrons. The van der Waals surface area contributed by atoms with Crippen LogP contribution in [-0.4, -0.2) is 17.0 Å². The third-order valence-corrected chi connectivity index (χ3v) is 3.35. The van der Waals surface area contributed by atoms with E-state index >= 15 is 0 Å². The summed E-state index contributed by atoms with van der Waals surface area (Å²) in [6, 6.07) is 9.94. The molecule has 3 heteroatoms. The van der Waals surface area contributed by atoms with E-state index < -0.39 is 0 Å². The summed E-state index contributed by atoms with van der Waals surface area (Å²) >= 11 is 0. The van der Waals surface area contributed by atoms with Crippen LogP contribution in [0.1, 0.15) is 5.56 Å². The largest absolute Gasteiger partial charge is 0.632 e. The molecule has 0 radical (unpaired) electrons. The number of quaternary nitrogens is 1. The molecular weight excluding hydrogens is 193 g/mol. The van der Waals surface area contributed by atoms with Crippen molar-refractivity contribution in [3.8, 4) is 0 Å². The Hall–Kier alpha value is -0.690. The van der Waals surface area contributed by atoms with Crippen LogP contribution in [-0.2, 0) is 6.54 Å². The molecule has 0 fully saturated rings. The first-order chi connectivity index (χ1) is 6.71. The number of nitrogens with zero attached hydrogens (tertiary/aromatic N) is 1. The minimum Gasteiger partial charge on any atom is -0.632 e. The maximum absolute atomic E-state index is 12.3. The fourth-order valence-electron chi connectivity index (χ4n) is 1.72. The van der Waals surface area contributed by atoms with Gasteiger partial charge in [-0.2, -0.15) is 0 Å². The summed E-state index contributed by atoms with van der Waals surface area (Å²) in [4.78, 5) is 0. The Morgan fingerprint density at radius 1 is 1.36 bits per heavy atom. The monoisotopic (exact) mass is 207 g/mol. The summed E-state index contributed by atoms with van der Waals surface area (Å²) in [6.45, 7) is 1.14. The Balaban J connectivity index is 2.12. The summed E-state index contributed by atoms with van der Waals surface area (Å²) in [5.74, 6) is 0.00945. The minimum atomic E-state index is -0.172. The van der Waals surface area contributed by atoms with Gasteiger partial charge in [-0.05, 0) is 12.2 Å². The predicted octanol–water partition coefficient (Wildman–Crippen LogP) is 2.27. The van der Waals surface area contributed by atoms with Gasteiger partial charge in [0.05, 0.1) is 6.54 Å². The van der Waals surface area contributed by atoms with Crippen LogP contribution in [0.3, 0.4) is 0 Å². The minimum absolute atomic E-state index is 0.00945. The van der Waals surface area contributed by atoms with Gasteiger partial charge in [0.25, 0.3) is 0 Å². The summed E-state index contributed by atoms with van der Waals surface area (Å²) in [6.07, 6.45) is 3.94. The smallest absolute Gasteiger partial charge is 0.120 e. The van der Waals surface area contributed by atoms with E-state index in [2.05, 4.69) is 9.24 Å². The Morgan fingerprint density at radius 3 is 2.64 bits per heavy atom. The van der Waals surface area contributed by atoms with Crippen LogP contribution in [0.2, 0.25) is 0 Å². The summed E-state index contributed by atoms with van der Waals surface area (Å²) in [5.41, 5.74) is 1.11. The van der Waals surface area contributed by atoms with E-state index in [9.17, 15) is 5.21 Å².